The van der Waals surface area contributed by atoms with E-state index in [4.69, 9.17) is 16.1 Å². The van der Waals surface area contributed by atoms with E-state index >= 15 is 0 Å². The van der Waals surface area contributed by atoms with Crippen molar-refractivity contribution < 1.29 is 9.80 Å². The van der Waals surface area contributed by atoms with E-state index in [0.717, 1.165) is 23.1 Å². The van der Waals surface area contributed by atoms with Gasteiger partial charge in [0.25, 0.3) is 12.2 Å². The molecule has 0 spiro atoms. The lowest BCUT2D eigenvalue weighted by Crippen LogP contribution is -2.30. The number of halogens is 1. The summed E-state index contributed by atoms with van der Waals surface area (Å²) in [5.74, 6) is -0.189. The molecule has 0 unspecified atom stereocenters. The summed E-state index contributed by atoms with van der Waals surface area (Å²) in [7, 11) is 0. The van der Waals surface area contributed by atoms with Crippen LogP contribution in [0.5, 0.6) is 0 Å². The van der Waals surface area contributed by atoms with E-state index in [-0.39, 0.29) is 11.7 Å². The van der Waals surface area contributed by atoms with Crippen LogP contribution in [0.15, 0.2) is 53.7 Å². The Kier molecular flexibility index (Phi) is 4.25. The van der Waals surface area contributed by atoms with Gasteiger partial charge in [-0.1, -0.05) is 18.2 Å². The normalized spacial score (nSPS) is 11.9. The fourth-order valence-corrected chi connectivity index (χ4v) is 4.05. The molecule has 3 aromatic heterocycles. The van der Waals surface area contributed by atoms with Crippen molar-refractivity contribution in [3.05, 3.63) is 65.0 Å². The summed E-state index contributed by atoms with van der Waals surface area (Å²) < 4.78 is 16.2. The fourth-order valence-electron chi connectivity index (χ4n) is 2.96. The monoisotopic (exact) mass is 379 g/mol. The first-order chi connectivity index (χ1) is 13.1. The lowest BCUT2D eigenvalue weighted by atomic mass is 10.1. The number of thiazole rings is 1. The number of nitrogens with zero attached hydrogens (tertiary/aromatic N) is 4. The number of fused-ring (bicyclic) bond motifs is 1. The molecule has 0 aliphatic rings. The number of rotatable bonds is 4. The number of hydrogen-bond donors (Lipinski definition) is 2. The van der Waals surface area contributed by atoms with E-state index in [1.54, 1.807) is 22.7 Å². The number of aryl methyl sites for hydroxylation is 1. The minimum absolute atomic E-state index is 0.189. The summed E-state index contributed by atoms with van der Waals surface area (Å²) >= 11 is 1.34. The molecule has 3 heterocycles. The molecule has 4 N–H and O–H groups in total. The van der Waals surface area contributed by atoms with Gasteiger partial charge in [-0.2, -0.15) is 5.10 Å². The van der Waals surface area contributed by atoms with Crippen molar-refractivity contribution in [2.24, 2.45) is 10.7 Å². The largest absolute Gasteiger partial charge is 0.362 e. The fraction of sp³-hybridized carbons (Fsp3) is 0.0526. The van der Waals surface area contributed by atoms with Gasteiger partial charge in [0.1, 0.15) is 15.7 Å². The Balaban J connectivity index is 2.00. The highest BCUT2D eigenvalue weighted by molar-refractivity contribution is 7.17. The summed E-state index contributed by atoms with van der Waals surface area (Å²) in [6, 6.07) is 12.2. The number of hydrogen-bond acceptors (Lipinski definition) is 3. The quantitative estimate of drug-likeness (QED) is 0.420. The molecule has 8 heteroatoms. The van der Waals surface area contributed by atoms with Gasteiger partial charge in [-0.15, -0.1) is 11.3 Å². The molecule has 0 atom stereocenters. The highest BCUT2D eigenvalue weighted by Crippen LogP contribution is 2.37. The molecule has 0 saturated heterocycles. The second kappa shape index (κ2) is 6.73. The van der Waals surface area contributed by atoms with Crippen molar-refractivity contribution in [2.45, 2.75) is 6.92 Å². The van der Waals surface area contributed by atoms with E-state index in [1.807, 2.05) is 31.3 Å². The van der Waals surface area contributed by atoms with Gasteiger partial charge in [0.2, 0.25) is 0 Å². The third-order valence-electron chi connectivity index (χ3n) is 4.13. The minimum Gasteiger partial charge on any atom is -0.362 e. The van der Waals surface area contributed by atoms with Crippen molar-refractivity contribution in [3.63, 3.8) is 0 Å². The number of pyridine rings is 1. The van der Waals surface area contributed by atoms with E-state index in [1.165, 1.54) is 17.4 Å². The summed E-state index contributed by atoms with van der Waals surface area (Å²) in [6.45, 7) is 1.91. The average molecular weight is 379 g/mol. The summed E-state index contributed by atoms with van der Waals surface area (Å²) in [5.41, 5.74) is 9.49. The van der Waals surface area contributed by atoms with Crippen LogP contribution < -0.4 is 11.1 Å². The molecule has 0 aliphatic carbocycles. The molecule has 1 aromatic carbocycles. The molecule has 0 bridgehead atoms. The van der Waals surface area contributed by atoms with Gasteiger partial charge < -0.3 is 5.73 Å². The standard InChI is InChI=1S/C19H15FN6S/c1-11-15(14-8-4-5-9-26(14)25-11)19-24-16(12-6-2-3-7-13(12)20)17(27-19)18(22)23-10-21/h2-10H,1H3,(H3,21,22,23)/p+1. The smallest absolute Gasteiger partial charge is 0.279 e. The van der Waals surface area contributed by atoms with Gasteiger partial charge in [0.05, 0.1) is 22.5 Å². The summed E-state index contributed by atoms with van der Waals surface area (Å²) in [5, 5.41) is 10.6. The van der Waals surface area contributed by atoms with Crippen molar-refractivity contribution in [1.29, 1.82) is 0 Å². The maximum atomic E-state index is 14.4. The Morgan fingerprint density at radius 2 is 2.04 bits per heavy atom. The molecule has 0 fully saturated rings. The van der Waals surface area contributed by atoms with E-state index < -0.39 is 0 Å². The maximum absolute atomic E-state index is 14.4. The van der Waals surface area contributed by atoms with Crippen molar-refractivity contribution in [1.82, 2.24) is 14.6 Å². The zero-order valence-electron chi connectivity index (χ0n) is 14.4. The molecule has 27 heavy (non-hydrogen) atoms. The van der Waals surface area contributed by atoms with Crippen LogP contribution in [0.2, 0.25) is 0 Å². The Hall–Kier alpha value is -3.39. The van der Waals surface area contributed by atoms with E-state index in [9.17, 15) is 4.39 Å². The molecule has 4 aromatic rings. The first-order valence-electron chi connectivity index (χ1n) is 8.17. The minimum atomic E-state index is -0.378. The number of benzene rings is 1. The van der Waals surface area contributed by atoms with Gasteiger partial charge in [-0.25, -0.2) is 13.9 Å². The Labute approximate surface area is 158 Å². The summed E-state index contributed by atoms with van der Waals surface area (Å²) in [6.07, 6.45) is 2.98. The van der Waals surface area contributed by atoms with Crippen molar-refractivity contribution >= 4 is 29.0 Å². The molecule has 0 radical (unpaired) electrons. The highest BCUT2D eigenvalue weighted by Gasteiger charge is 2.24. The molecular formula is C19H16FN6S+. The predicted octanol–water partition coefficient (Wildman–Crippen LogP) is 2.07. The van der Waals surface area contributed by atoms with Crippen LogP contribution >= 0.6 is 11.3 Å². The third kappa shape index (κ3) is 2.89. The van der Waals surface area contributed by atoms with Gasteiger partial charge in [0.15, 0.2) is 0 Å². The Bertz CT molecular complexity index is 1190. The third-order valence-corrected chi connectivity index (χ3v) is 5.23. The Morgan fingerprint density at radius 1 is 1.26 bits per heavy atom. The zero-order valence-corrected chi connectivity index (χ0v) is 15.2. The van der Waals surface area contributed by atoms with Crippen molar-refractivity contribution in [3.8, 4) is 21.8 Å². The lowest BCUT2D eigenvalue weighted by molar-refractivity contribution is -0.106. The molecular weight excluding hydrogens is 363 g/mol. The van der Waals surface area contributed by atoms with Crippen LogP contribution in [0.1, 0.15) is 10.6 Å². The van der Waals surface area contributed by atoms with Gasteiger partial charge in [-0.05, 0) is 36.2 Å². The van der Waals surface area contributed by atoms with Crippen LogP contribution in [0, 0.1) is 12.7 Å². The molecule has 4 rings (SSSR count). The molecule has 6 nitrogen and oxygen atoms in total. The van der Waals surface area contributed by atoms with Crippen LogP contribution in [0.3, 0.4) is 0 Å². The number of amidine groups is 1. The number of aliphatic imine (C=N–C) groups is 1. The first-order valence-corrected chi connectivity index (χ1v) is 8.99. The second-order valence-electron chi connectivity index (χ2n) is 5.83. The molecule has 134 valence electrons. The SMILES string of the molecule is Cc1nn2ccccc2c1-c1nc(-c2ccccc2F)c(C(N)=NC=[NH2+])s1. The second-order valence-corrected chi connectivity index (χ2v) is 6.83. The highest BCUT2D eigenvalue weighted by atomic mass is 32.1. The van der Waals surface area contributed by atoms with E-state index in [2.05, 4.69) is 10.1 Å². The summed E-state index contributed by atoms with van der Waals surface area (Å²) in [4.78, 5) is 9.23. The van der Waals surface area contributed by atoms with Crippen LogP contribution in [-0.2, 0) is 0 Å². The number of nitrogens with two attached hydrogens (primary N) is 2. The molecule has 0 aliphatic heterocycles. The molecule has 0 saturated carbocycles. The Morgan fingerprint density at radius 3 is 2.81 bits per heavy atom. The van der Waals surface area contributed by atoms with Crippen LogP contribution in [-0.4, -0.2) is 26.8 Å². The van der Waals surface area contributed by atoms with Crippen LogP contribution in [0.25, 0.3) is 27.3 Å². The van der Waals surface area contributed by atoms with Gasteiger partial charge >= 0.3 is 0 Å². The van der Waals surface area contributed by atoms with Gasteiger partial charge in [-0.3, -0.25) is 5.41 Å². The average Bonchev–Trinajstić information content (AvgIpc) is 3.22. The molecule has 0 amide bonds. The van der Waals surface area contributed by atoms with E-state index in [0.29, 0.717) is 21.1 Å². The lowest BCUT2D eigenvalue weighted by Gasteiger charge is -2.01. The maximum Gasteiger partial charge on any atom is 0.279 e. The van der Waals surface area contributed by atoms with Crippen molar-refractivity contribution in [2.75, 3.05) is 0 Å². The number of aromatic nitrogens is 3. The van der Waals surface area contributed by atoms with Gasteiger partial charge in [0, 0.05) is 11.8 Å². The first kappa shape index (κ1) is 17.0. The topological polar surface area (TPSA) is 94.2 Å². The predicted molar refractivity (Wildman–Crippen MR) is 105 cm³/mol. The zero-order chi connectivity index (χ0) is 19.0. The van der Waals surface area contributed by atoms with Crippen LogP contribution in [0.4, 0.5) is 4.39 Å².